The van der Waals surface area contributed by atoms with Gasteiger partial charge in [0.1, 0.15) is 17.8 Å². The maximum absolute atomic E-state index is 14.0. The second kappa shape index (κ2) is 11.2. The molecule has 0 spiro atoms. The molecule has 2 aliphatic carbocycles. The van der Waals surface area contributed by atoms with E-state index in [-0.39, 0.29) is 29.9 Å². The van der Waals surface area contributed by atoms with Crippen LogP contribution in [0.25, 0.3) is 10.8 Å². The first kappa shape index (κ1) is 28.7. The van der Waals surface area contributed by atoms with Crippen LogP contribution in [0.5, 0.6) is 0 Å². The van der Waals surface area contributed by atoms with Crippen LogP contribution in [0.3, 0.4) is 0 Å². The summed E-state index contributed by atoms with van der Waals surface area (Å²) in [6, 6.07) is 2.80. The number of amides is 4. The Hall–Kier alpha value is -3.77. The summed E-state index contributed by atoms with van der Waals surface area (Å²) in [6.07, 6.45) is 0.643. The summed E-state index contributed by atoms with van der Waals surface area (Å²) in [5.74, 6) is -4.68. The summed E-state index contributed by atoms with van der Waals surface area (Å²) in [7, 11) is 0. The average molecular weight is 575 g/mol. The molecule has 5 rings (SSSR count). The third-order valence-electron chi connectivity index (χ3n) is 8.69. The van der Waals surface area contributed by atoms with Gasteiger partial charge in [-0.2, -0.15) is 23.4 Å². The first-order valence-electron chi connectivity index (χ1n) is 14.0. The van der Waals surface area contributed by atoms with Gasteiger partial charge in [-0.05, 0) is 43.4 Å². The summed E-state index contributed by atoms with van der Waals surface area (Å²) in [5, 5.41) is 13.9. The zero-order chi connectivity index (χ0) is 29.5. The highest BCUT2D eigenvalue weighted by Crippen LogP contribution is 2.48. The Morgan fingerprint density at radius 2 is 1.78 bits per heavy atom. The molecule has 2 aromatic rings. The van der Waals surface area contributed by atoms with E-state index >= 15 is 0 Å². The molecule has 10 nitrogen and oxygen atoms in total. The highest BCUT2D eigenvalue weighted by Gasteiger charge is 2.56. The lowest BCUT2D eigenvalue weighted by atomic mass is 9.89. The van der Waals surface area contributed by atoms with Gasteiger partial charge in [0, 0.05) is 16.8 Å². The summed E-state index contributed by atoms with van der Waals surface area (Å²) < 4.78 is 39.5. The molecule has 4 amide bonds. The molecule has 4 N–H and O–H groups in total. The van der Waals surface area contributed by atoms with Crippen LogP contribution in [0, 0.1) is 17.8 Å². The number of nitrogens with two attached hydrogens (primary N) is 1. The third-order valence-corrected chi connectivity index (χ3v) is 8.69. The molecule has 3 fully saturated rings. The molecule has 3 aliphatic rings. The quantitative estimate of drug-likeness (QED) is 0.419. The fraction of sp³-hybridized carbons (Fsp3) is 0.571. The first-order chi connectivity index (χ1) is 19.5. The molecule has 1 aromatic carbocycles. The van der Waals surface area contributed by atoms with E-state index in [0.717, 1.165) is 25.7 Å². The monoisotopic (exact) mass is 574 g/mol. The summed E-state index contributed by atoms with van der Waals surface area (Å²) in [5.41, 5.74) is 5.86. The van der Waals surface area contributed by atoms with E-state index in [4.69, 9.17) is 5.73 Å². The van der Waals surface area contributed by atoms with Crippen molar-refractivity contribution in [3.05, 3.63) is 36.2 Å². The van der Waals surface area contributed by atoms with Gasteiger partial charge in [0.2, 0.25) is 17.7 Å². The van der Waals surface area contributed by atoms with Gasteiger partial charge >= 0.3 is 12.1 Å². The molecule has 41 heavy (non-hydrogen) atoms. The molecule has 13 heteroatoms. The number of carbonyl (C=O) groups is 4. The number of nitrogens with one attached hydrogen (secondary N) is 2. The van der Waals surface area contributed by atoms with Crippen molar-refractivity contribution in [1.29, 1.82) is 0 Å². The van der Waals surface area contributed by atoms with E-state index in [1.807, 2.05) is 12.2 Å². The second-order valence-electron chi connectivity index (χ2n) is 11.3. The molecule has 2 unspecified atom stereocenters. The number of likely N-dealkylation sites (tertiary alicyclic amines) is 1. The molecule has 6 atom stereocenters. The van der Waals surface area contributed by atoms with Gasteiger partial charge in [0.15, 0.2) is 6.04 Å². The number of hydrogen-bond donors (Lipinski definition) is 3. The summed E-state index contributed by atoms with van der Waals surface area (Å²) in [6.45, 7) is 1.86. The van der Waals surface area contributed by atoms with Crippen LogP contribution < -0.4 is 16.4 Å². The largest absolute Gasteiger partial charge is 0.471 e. The van der Waals surface area contributed by atoms with Crippen LogP contribution in [0.1, 0.15) is 63.6 Å². The van der Waals surface area contributed by atoms with E-state index in [1.165, 1.54) is 11.1 Å². The Morgan fingerprint density at radius 3 is 2.44 bits per heavy atom. The van der Waals surface area contributed by atoms with Crippen LogP contribution in [-0.2, 0) is 19.2 Å². The minimum Gasteiger partial charge on any atom is -0.368 e. The number of halogens is 3. The van der Waals surface area contributed by atoms with Crippen molar-refractivity contribution >= 4 is 34.4 Å². The fourth-order valence-electron chi connectivity index (χ4n) is 6.72. The van der Waals surface area contributed by atoms with Crippen LogP contribution in [0.15, 0.2) is 30.5 Å². The topological polar surface area (TPSA) is 147 Å². The maximum Gasteiger partial charge on any atom is 0.471 e. The normalized spacial score (nSPS) is 25.4. The lowest BCUT2D eigenvalue weighted by Crippen LogP contribution is -2.58. The van der Waals surface area contributed by atoms with Crippen molar-refractivity contribution in [2.24, 2.45) is 23.5 Å². The first-order valence-corrected chi connectivity index (χ1v) is 14.0. The number of hydrogen-bond acceptors (Lipinski definition) is 6. The van der Waals surface area contributed by atoms with Crippen molar-refractivity contribution in [3.63, 3.8) is 0 Å². The number of aromatic nitrogens is 2. The smallest absolute Gasteiger partial charge is 0.368 e. The van der Waals surface area contributed by atoms with Gasteiger partial charge in [-0.1, -0.05) is 50.5 Å². The van der Waals surface area contributed by atoms with Crippen molar-refractivity contribution in [1.82, 2.24) is 25.7 Å². The molecular formula is C28H33F3N6O4. The minimum absolute atomic E-state index is 0.0242. The molecule has 0 bridgehead atoms. The van der Waals surface area contributed by atoms with E-state index in [9.17, 15) is 32.3 Å². The van der Waals surface area contributed by atoms with Crippen LogP contribution >= 0.6 is 0 Å². The van der Waals surface area contributed by atoms with E-state index in [2.05, 4.69) is 15.5 Å². The molecule has 1 aromatic heterocycles. The van der Waals surface area contributed by atoms with Crippen LogP contribution in [0.4, 0.5) is 13.2 Å². The maximum atomic E-state index is 14.0. The number of primary amides is 1. The van der Waals surface area contributed by atoms with Gasteiger partial charge in [0.05, 0.1) is 6.20 Å². The van der Waals surface area contributed by atoms with Gasteiger partial charge in [-0.25, -0.2) is 0 Å². The zero-order valence-corrected chi connectivity index (χ0v) is 22.6. The minimum atomic E-state index is -5.15. The van der Waals surface area contributed by atoms with Gasteiger partial charge in [-0.15, -0.1) is 0 Å². The van der Waals surface area contributed by atoms with Crippen molar-refractivity contribution < 1.29 is 32.3 Å². The third kappa shape index (κ3) is 5.71. The Morgan fingerprint density at radius 1 is 1.07 bits per heavy atom. The summed E-state index contributed by atoms with van der Waals surface area (Å²) in [4.78, 5) is 53.9. The molecular weight excluding hydrogens is 541 g/mol. The van der Waals surface area contributed by atoms with E-state index in [0.29, 0.717) is 23.6 Å². The van der Waals surface area contributed by atoms with Crippen molar-refractivity contribution in [2.45, 2.75) is 82.2 Å². The van der Waals surface area contributed by atoms with E-state index < -0.39 is 54.0 Å². The summed E-state index contributed by atoms with van der Waals surface area (Å²) >= 11 is 0. The highest BCUT2D eigenvalue weighted by atomic mass is 19.4. The number of fused-ring (bicyclic) bond motifs is 2. The predicted molar refractivity (Wildman–Crippen MR) is 140 cm³/mol. The predicted octanol–water partition coefficient (Wildman–Crippen LogP) is 2.53. The van der Waals surface area contributed by atoms with E-state index in [1.54, 1.807) is 24.3 Å². The van der Waals surface area contributed by atoms with Crippen molar-refractivity contribution in [3.8, 4) is 0 Å². The van der Waals surface area contributed by atoms with Crippen LogP contribution in [-0.4, -0.2) is 63.0 Å². The number of rotatable bonds is 9. The average Bonchev–Trinajstić information content (AvgIpc) is 3.53. The molecule has 220 valence electrons. The Kier molecular flexibility index (Phi) is 7.89. The molecule has 1 aliphatic heterocycles. The lowest BCUT2D eigenvalue weighted by molar-refractivity contribution is -0.175. The fourth-order valence-corrected chi connectivity index (χ4v) is 6.72. The Bertz CT molecular complexity index is 1340. The van der Waals surface area contributed by atoms with Crippen LogP contribution in [0.2, 0.25) is 0 Å². The Balaban J connectivity index is 1.47. The van der Waals surface area contributed by atoms with Crippen molar-refractivity contribution in [2.75, 3.05) is 0 Å². The molecule has 2 saturated carbocycles. The SMILES string of the molecule is CCC1[C@@H]2CCC[C@@H]2[C@@H](C(=O)NC(C(N)=O)c2nncc3ccccc23)N1C(=O)[C@H](CC1CC1)NC(=O)C(F)(F)F. The number of nitrogens with zero attached hydrogens (tertiary/aromatic N) is 3. The van der Waals surface area contributed by atoms with Gasteiger partial charge in [-0.3, -0.25) is 19.2 Å². The second-order valence-corrected chi connectivity index (χ2v) is 11.3. The number of alkyl halides is 3. The highest BCUT2D eigenvalue weighted by molar-refractivity contribution is 5.97. The lowest BCUT2D eigenvalue weighted by Gasteiger charge is -2.35. The van der Waals surface area contributed by atoms with Gasteiger partial charge in [0.25, 0.3) is 0 Å². The van der Waals surface area contributed by atoms with Gasteiger partial charge < -0.3 is 21.3 Å². The number of carbonyl (C=O) groups excluding carboxylic acids is 4. The standard InChI is InChI=1S/C28H33F3N6O4/c1-2-20-17-8-5-9-18(17)23(37(20)26(40)19(12-14-10-11-14)34-27(41)28(29,30)31)25(39)35-22(24(32)38)21-16-7-4-3-6-15(16)13-33-36-21/h3-4,6-7,13-14,17-20,22-23H,2,5,8-12H2,1H3,(H2,32,38)(H,34,41)(H,35,39)/t17-,18+,19+,20?,22?,23+/m1/s1. The molecule has 2 heterocycles. The Labute approximate surface area is 234 Å². The molecule has 1 saturated heterocycles. The molecule has 0 radical (unpaired) electrons. The number of benzene rings is 1. The zero-order valence-electron chi connectivity index (χ0n) is 22.6.